The second-order valence-corrected chi connectivity index (χ2v) is 5.85. The maximum Gasteiger partial charge on any atom is 0.0999 e. The number of aromatic nitrogens is 1. The van der Waals surface area contributed by atoms with E-state index in [0.29, 0.717) is 5.56 Å². The highest BCUT2D eigenvalue weighted by Gasteiger charge is 2.11. The Morgan fingerprint density at radius 3 is 2.35 bits per heavy atom. The zero-order chi connectivity index (χ0) is 18.4. The van der Waals surface area contributed by atoms with E-state index in [2.05, 4.69) is 46.3 Å². The summed E-state index contributed by atoms with van der Waals surface area (Å²) in [5.41, 5.74) is 4.97. The highest BCUT2D eigenvalue weighted by molar-refractivity contribution is 5.89. The minimum Gasteiger partial charge on any atom is -0.378 e. The lowest BCUT2D eigenvalue weighted by atomic mass is 10.0. The largest absolute Gasteiger partial charge is 0.378 e. The number of ether oxygens (including phenoxy) is 1. The molecule has 1 aliphatic heterocycles. The molecule has 4 heteroatoms. The molecule has 0 unspecified atom stereocenters. The lowest BCUT2D eigenvalue weighted by molar-refractivity contribution is 0.122. The van der Waals surface area contributed by atoms with Gasteiger partial charge in [-0.2, -0.15) is 5.26 Å². The van der Waals surface area contributed by atoms with Crippen LogP contribution in [0.2, 0.25) is 0 Å². The summed E-state index contributed by atoms with van der Waals surface area (Å²) in [6.45, 7) is 7.45. The maximum atomic E-state index is 9.28. The van der Waals surface area contributed by atoms with E-state index < -0.39 is 0 Å². The van der Waals surface area contributed by atoms with Gasteiger partial charge in [0.05, 0.1) is 30.4 Å². The summed E-state index contributed by atoms with van der Waals surface area (Å²) in [5.74, 6) is 0. The zero-order valence-electron chi connectivity index (χ0n) is 15.3. The van der Waals surface area contributed by atoms with Crippen LogP contribution in [0.3, 0.4) is 0 Å². The highest BCUT2D eigenvalue weighted by atomic mass is 16.5. The molecule has 0 bridgehead atoms. The SMILES string of the molecule is CC.N#Cc1ccnc2ccc(-c3ccc(N4CCOCC4)cc3)cc12. The second kappa shape index (κ2) is 8.46. The van der Waals surface area contributed by atoms with E-state index in [1.54, 1.807) is 12.3 Å². The number of hydrogen-bond donors (Lipinski definition) is 0. The minimum atomic E-state index is 0.659. The third kappa shape index (κ3) is 3.68. The number of anilines is 1. The van der Waals surface area contributed by atoms with Crippen molar-refractivity contribution in [3.05, 3.63) is 60.3 Å². The fourth-order valence-electron chi connectivity index (χ4n) is 3.11. The van der Waals surface area contributed by atoms with Crippen LogP contribution in [0.15, 0.2) is 54.7 Å². The lowest BCUT2D eigenvalue weighted by Crippen LogP contribution is -2.36. The highest BCUT2D eigenvalue weighted by Crippen LogP contribution is 2.27. The van der Waals surface area contributed by atoms with E-state index in [0.717, 1.165) is 48.3 Å². The maximum absolute atomic E-state index is 9.28. The molecular weight excluding hydrogens is 322 g/mol. The van der Waals surface area contributed by atoms with Crippen molar-refractivity contribution >= 4 is 16.6 Å². The average molecular weight is 345 g/mol. The van der Waals surface area contributed by atoms with E-state index in [9.17, 15) is 5.26 Å². The standard InChI is InChI=1S/C20H17N3O.C2H6/c21-14-17-7-8-22-20-6-3-16(13-19(17)20)15-1-4-18(5-2-15)23-9-11-24-12-10-23;1-2/h1-8,13H,9-12H2;1-2H3. The van der Waals surface area contributed by atoms with Crippen LogP contribution in [0.25, 0.3) is 22.0 Å². The Morgan fingerprint density at radius 2 is 1.65 bits per heavy atom. The summed E-state index contributed by atoms with van der Waals surface area (Å²) in [4.78, 5) is 6.67. The van der Waals surface area contributed by atoms with Gasteiger partial charge in [-0.05, 0) is 41.5 Å². The zero-order valence-corrected chi connectivity index (χ0v) is 15.3. The molecule has 132 valence electrons. The second-order valence-electron chi connectivity index (χ2n) is 5.85. The fourth-order valence-corrected chi connectivity index (χ4v) is 3.11. The molecule has 4 rings (SSSR count). The van der Waals surface area contributed by atoms with Crippen LogP contribution in [0.5, 0.6) is 0 Å². The first-order valence-corrected chi connectivity index (χ1v) is 9.07. The van der Waals surface area contributed by atoms with Crippen LogP contribution < -0.4 is 4.90 Å². The number of pyridine rings is 1. The van der Waals surface area contributed by atoms with Gasteiger partial charge in [-0.3, -0.25) is 4.98 Å². The minimum absolute atomic E-state index is 0.659. The average Bonchev–Trinajstić information content (AvgIpc) is 2.75. The van der Waals surface area contributed by atoms with Crippen LogP contribution >= 0.6 is 0 Å². The number of fused-ring (bicyclic) bond motifs is 1. The van der Waals surface area contributed by atoms with Gasteiger partial charge >= 0.3 is 0 Å². The first-order valence-electron chi connectivity index (χ1n) is 9.07. The summed E-state index contributed by atoms with van der Waals surface area (Å²) in [5, 5.41) is 10.2. The summed E-state index contributed by atoms with van der Waals surface area (Å²) < 4.78 is 5.40. The number of benzene rings is 2. The molecule has 0 spiro atoms. The molecule has 3 aromatic rings. The summed E-state index contributed by atoms with van der Waals surface area (Å²) in [6, 6.07) is 18.6. The molecule has 0 atom stereocenters. The Hall–Kier alpha value is -2.90. The molecule has 1 saturated heterocycles. The van der Waals surface area contributed by atoms with Crippen LogP contribution in [-0.2, 0) is 4.74 Å². The van der Waals surface area contributed by atoms with E-state index in [-0.39, 0.29) is 0 Å². The van der Waals surface area contributed by atoms with Crippen molar-refractivity contribution in [1.82, 2.24) is 4.98 Å². The molecule has 4 nitrogen and oxygen atoms in total. The van der Waals surface area contributed by atoms with Gasteiger partial charge in [0, 0.05) is 30.4 Å². The van der Waals surface area contributed by atoms with E-state index in [1.807, 2.05) is 26.0 Å². The molecule has 0 saturated carbocycles. The quantitative estimate of drug-likeness (QED) is 0.679. The normalized spacial score (nSPS) is 13.7. The Morgan fingerprint density at radius 1 is 0.962 bits per heavy atom. The van der Waals surface area contributed by atoms with Crippen LogP contribution in [-0.4, -0.2) is 31.3 Å². The molecule has 1 fully saturated rings. The Labute approximate surface area is 154 Å². The topological polar surface area (TPSA) is 49.2 Å². The molecule has 26 heavy (non-hydrogen) atoms. The Kier molecular flexibility index (Phi) is 5.83. The van der Waals surface area contributed by atoms with Crippen molar-refractivity contribution in [2.75, 3.05) is 31.2 Å². The number of nitriles is 1. The monoisotopic (exact) mass is 345 g/mol. The Bertz CT molecular complexity index is 907. The van der Waals surface area contributed by atoms with Crippen LogP contribution in [0.4, 0.5) is 5.69 Å². The molecule has 2 heterocycles. The molecule has 0 radical (unpaired) electrons. The first kappa shape index (κ1) is 17.9. The smallest absolute Gasteiger partial charge is 0.0999 e. The Balaban J connectivity index is 0.000000948. The van der Waals surface area contributed by atoms with Gasteiger partial charge in [-0.15, -0.1) is 0 Å². The third-order valence-electron chi connectivity index (χ3n) is 4.44. The molecule has 2 aromatic carbocycles. The predicted octanol–water partition coefficient (Wildman–Crippen LogP) is 4.64. The van der Waals surface area contributed by atoms with Gasteiger partial charge in [-0.1, -0.05) is 32.0 Å². The number of morpholine rings is 1. The summed E-state index contributed by atoms with van der Waals surface area (Å²) in [7, 11) is 0. The van der Waals surface area contributed by atoms with Gasteiger partial charge < -0.3 is 9.64 Å². The van der Waals surface area contributed by atoms with E-state index in [4.69, 9.17) is 4.74 Å². The van der Waals surface area contributed by atoms with Crippen LogP contribution in [0, 0.1) is 11.3 Å². The number of rotatable bonds is 2. The van der Waals surface area contributed by atoms with Crippen molar-refractivity contribution in [2.45, 2.75) is 13.8 Å². The molecule has 0 amide bonds. The first-order chi connectivity index (χ1) is 12.8. The summed E-state index contributed by atoms with van der Waals surface area (Å²) in [6.07, 6.45) is 1.68. The van der Waals surface area contributed by atoms with Gasteiger partial charge in [0.15, 0.2) is 0 Å². The van der Waals surface area contributed by atoms with Crippen molar-refractivity contribution in [3.63, 3.8) is 0 Å². The molecular formula is C22H23N3O. The van der Waals surface area contributed by atoms with Crippen LogP contribution in [0.1, 0.15) is 19.4 Å². The number of nitrogens with zero attached hydrogens (tertiary/aromatic N) is 3. The third-order valence-corrected chi connectivity index (χ3v) is 4.44. The van der Waals surface area contributed by atoms with Gasteiger partial charge in [-0.25, -0.2) is 0 Å². The van der Waals surface area contributed by atoms with Crippen molar-refractivity contribution in [2.24, 2.45) is 0 Å². The molecule has 1 aliphatic rings. The predicted molar refractivity (Wildman–Crippen MR) is 106 cm³/mol. The molecule has 1 aromatic heterocycles. The van der Waals surface area contributed by atoms with Gasteiger partial charge in [0.1, 0.15) is 0 Å². The molecule has 0 N–H and O–H groups in total. The molecule has 0 aliphatic carbocycles. The van der Waals surface area contributed by atoms with Crippen molar-refractivity contribution < 1.29 is 4.74 Å². The van der Waals surface area contributed by atoms with Crippen molar-refractivity contribution in [3.8, 4) is 17.2 Å². The fraction of sp³-hybridized carbons (Fsp3) is 0.273. The van der Waals surface area contributed by atoms with Gasteiger partial charge in [0.25, 0.3) is 0 Å². The van der Waals surface area contributed by atoms with E-state index >= 15 is 0 Å². The van der Waals surface area contributed by atoms with Gasteiger partial charge in [0.2, 0.25) is 0 Å². The van der Waals surface area contributed by atoms with E-state index in [1.165, 1.54) is 5.69 Å². The summed E-state index contributed by atoms with van der Waals surface area (Å²) >= 11 is 0. The number of hydrogen-bond acceptors (Lipinski definition) is 4. The lowest BCUT2D eigenvalue weighted by Gasteiger charge is -2.28. The van der Waals surface area contributed by atoms with Crippen molar-refractivity contribution in [1.29, 1.82) is 5.26 Å².